The molecule has 5 nitrogen and oxygen atoms in total. The number of halogens is 1. The average molecular weight is 508 g/mol. The summed E-state index contributed by atoms with van der Waals surface area (Å²) < 4.78 is 6.76. The summed E-state index contributed by atoms with van der Waals surface area (Å²) in [6.07, 6.45) is 0.678. The molecule has 0 saturated heterocycles. The lowest BCUT2D eigenvalue weighted by Gasteiger charge is -2.29. The molecule has 0 unspecified atom stereocenters. The summed E-state index contributed by atoms with van der Waals surface area (Å²) >= 11 is 2.22. The molecule has 6 heteroatoms. The van der Waals surface area contributed by atoms with Gasteiger partial charge in [0.15, 0.2) is 6.61 Å². The van der Waals surface area contributed by atoms with Crippen LogP contribution in [0.1, 0.15) is 26.3 Å². The maximum atomic E-state index is 12.9. The molecule has 2 amide bonds. The largest absolute Gasteiger partial charge is 0.484 e. The van der Waals surface area contributed by atoms with Crippen molar-refractivity contribution in [2.24, 2.45) is 5.92 Å². The third-order valence-corrected chi connectivity index (χ3v) is 5.23. The zero-order chi connectivity index (χ0) is 21.2. The van der Waals surface area contributed by atoms with Crippen molar-refractivity contribution in [2.75, 3.05) is 19.7 Å². The highest BCUT2D eigenvalue weighted by Crippen LogP contribution is 2.14. The summed E-state index contributed by atoms with van der Waals surface area (Å²) in [5.74, 6) is 0.642. The molecule has 0 bridgehead atoms. The zero-order valence-electron chi connectivity index (χ0n) is 17.2. The van der Waals surface area contributed by atoms with Gasteiger partial charge in [0.05, 0.1) is 0 Å². The lowest BCUT2D eigenvalue weighted by Crippen LogP contribution is -2.50. The molecule has 0 radical (unpaired) electrons. The highest BCUT2D eigenvalue weighted by Gasteiger charge is 2.26. The molecular formula is C23H29IN2O3. The lowest BCUT2D eigenvalue weighted by atomic mass is 10.1. The van der Waals surface area contributed by atoms with Gasteiger partial charge in [0.1, 0.15) is 11.8 Å². The highest BCUT2D eigenvalue weighted by atomic mass is 127. The monoisotopic (exact) mass is 508 g/mol. The predicted octanol–water partition coefficient (Wildman–Crippen LogP) is 3.90. The van der Waals surface area contributed by atoms with Crippen LogP contribution >= 0.6 is 22.6 Å². The molecule has 2 aromatic rings. The van der Waals surface area contributed by atoms with Gasteiger partial charge in [0, 0.05) is 16.7 Å². The van der Waals surface area contributed by atoms with E-state index in [2.05, 4.69) is 27.9 Å². The second kappa shape index (κ2) is 11.8. The van der Waals surface area contributed by atoms with E-state index in [1.807, 2.05) is 68.4 Å². The van der Waals surface area contributed by atoms with Crippen LogP contribution in [0.15, 0.2) is 54.6 Å². The summed E-state index contributed by atoms with van der Waals surface area (Å²) in [6, 6.07) is 16.9. The molecule has 0 fully saturated rings. The lowest BCUT2D eigenvalue weighted by molar-refractivity contribution is -0.141. The van der Waals surface area contributed by atoms with E-state index in [4.69, 9.17) is 4.74 Å². The van der Waals surface area contributed by atoms with Crippen LogP contribution in [0.2, 0.25) is 0 Å². The zero-order valence-corrected chi connectivity index (χ0v) is 19.4. The third kappa shape index (κ3) is 8.04. The summed E-state index contributed by atoms with van der Waals surface area (Å²) in [7, 11) is 0. The molecule has 0 saturated carbocycles. The van der Waals surface area contributed by atoms with Crippen LogP contribution in [0.4, 0.5) is 0 Å². The minimum atomic E-state index is -0.565. The van der Waals surface area contributed by atoms with Crippen LogP contribution in [0, 0.1) is 9.49 Å². The van der Waals surface area contributed by atoms with E-state index in [-0.39, 0.29) is 18.4 Å². The Kier molecular flexibility index (Phi) is 9.44. The SMILES string of the molecule is CC(C)CNC(=O)[C@H](C)N(CCc1ccccc1)C(=O)COc1ccc(I)cc1. The maximum absolute atomic E-state index is 12.9. The number of rotatable bonds is 10. The van der Waals surface area contributed by atoms with Gasteiger partial charge in [-0.05, 0) is 71.7 Å². The molecule has 0 aromatic heterocycles. The molecule has 0 aliphatic heterocycles. The Morgan fingerprint density at radius 3 is 2.31 bits per heavy atom. The number of benzene rings is 2. The van der Waals surface area contributed by atoms with E-state index in [0.29, 0.717) is 31.2 Å². The molecule has 1 atom stereocenters. The van der Waals surface area contributed by atoms with E-state index in [9.17, 15) is 9.59 Å². The fraction of sp³-hybridized carbons (Fsp3) is 0.391. The number of hydrogen-bond donors (Lipinski definition) is 1. The Labute approximate surface area is 187 Å². The Hall–Kier alpha value is -2.09. The summed E-state index contributed by atoms with van der Waals surface area (Å²) in [5.41, 5.74) is 1.12. The molecule has 2 aromatic carbocycles. The minimum absolute atomic E-state index is 0.100. The first-order chi connectivity index (χ1) is 13.9. The number of hydrogen-bond acceptors (Lipinski definition) is 3. The summed E-state index contributed by atoms with van der Waals surface area (Å²) in [5, 5.41) is 2.92. The van der Waals surface area contributed by atoms with Gasteiger partial charge in [-0.1, -0.05) is 44.2 Å². The molecule has 156 valence electrons. The Morgan fingerprint density at radius 1 is 1.03 bits per heavy atom. The van der Waals surface area contributed by atoms with Crippen molar-refractivity contribution < 1.29 is 14.3 Å². The number of carbonyl (C=O) groups is 2. The standard InChI is InChI=1S/C23H29IN2O3/c1-17(2)15-25-23(28)18(3)26(14-13-19-7-5-4-6-8-19)22(27)16-29-21-11-9-20(24)10-12-21/h4-12,17-18H,13-16H2,1-3H3,(H,25,28)/t18-/m0/s1. The van der Waals surface area contributed by atoms with Crippen molar-refractivity contribution in [1.82, 2.24) is 10.2 Å². The molecule has 0 aliphatic rings. The normalized spacial score (nSPS) is 11.8. The fourth-order valence-electron chi connectivity index (χ4n) is 2.78. The van der Waals surface area contributed by atoms with E-state index in [1.165, 1.54) is 0 Å². The smallest absolute Gasteiger partial charge is 0.261 e. The highest BCUT2D eigenvalue weighted by molar-refractivity contribution is 14.1. The average Bonchev–Trinajstić information content (AvgIpc) is 2.72. The van der Waals surface area contributed by atoms with E-state index < -0.39 is 6.04 Å². The second-order valence-electron chi connectivity index (χ2n) is 7.38. The van der Waals surface area contributed by atoms with Crippen LogP contribution in [-0.4, -0.2) is 42.5 Å². The molecule has 0 aliphatic carbocycles. The summed E-state index contributed by atoms with van der Waals surface area (Å²) in [6.45, 7) is 6.79. The molecule has 0 heterocycles. The van der Waals surface area contributed by atoms with Gasteiger partial charge >= 0.3 is 0 Å². The Morgan fingerprint density at radius 2 is 1.69 bits per heavy atom. The maximum Gasteiger partial charge on any atom is 0.261 e. The number of ether oxygens (including phenoxy) is 1. The van der Waals surface area contributed by atoms with Crippen LogP contribution in [-0.2, 0) is 16.0 Å². The van der Waals surface area contributed by atoms with Gasteiger partial charge < -0.3 is 15.0 Å². The van der Waals surface area contributed by atoms with Crippen molar-refractivity contribution in [3.63, 3.8) is 0 Å². The van der Waals surface area contributed by atoms with Crippen LogP contribution in [0.3, 0.4) is 0 Å². The number of nitrogens with one attached hydrogen (secondary N) is 1. The first kappa shape index (κ1) is 23.2. The van der Waals surface area contributed by atoms with Gasteiger partial charge in [-0.25, -0.2) is 0 Å². The van der Waals surface area contributed by atoms with Crippen molar-refractivity contribution >= 4 is 34.4 Å². The third-order valence-electron chi connectivity index (χ3n) is 4.51. The van der Waals surface area contributed by atoms with Crippen molar-refractivity contribution in [3.8, 4) is 5.75 Å². The molecule has 2 rings (SSSR count). The first-order valence-electron chi connectivity index (χ1n) is 9.86. The van der Waals surface area contributed by atoms with Crippen LogP contribution in [0.5, 0.6) is 5.75 Å². The van der Waals surface area contributed by atoms with Crippen molar-refractivity contribution in [3.05, 3.63) is 63.7 Å². The first-order valence-corrected chi connectivity index (χ1v) is 10.9. The van der Waals surface area contributed by atoms with Crippen LogP contribution < -0.4 is 10.1 Å². The van der Waals surface area contributed by atoms with Gasteiger partial charge in [0.2, 0.25) is 5.91 Å². The van der Waals surface area contributed by atoms with Crippen molar-refractivity contribution in [2.45, 2.75) is 33.2 Å². The van der Waals surface area contributed by atoms with Crippen molar-refractivity contribution in [1.29, 1.82) is 0 Å². The van der Waals surface area contributed by atoms with E-state index in [1.54, 1.807) is 11.8 Å². The molecular weight excluding hydrogens is 479 g/mol. The van der Waals surface area contributed by atoms with Gasteiger partial charge in [0.25, 0.3) is 5.91 Å². The van der Waals surface area contributed by atoms with E-state index in [0.717, 1.165) is 9.13 Å². The number of amides is 2. The van der Waals surface area contributed by atoms with Gasteiger partial charge in [-0.3, -0.25) is 9.59 Å². The van der Waals surface area contributed by atoms with E-state index >= 15 is 0 Å². The topological polar surface area (TPSA) is 58.6 Å². The number of nitrogens with zero attached hydrogens (tertiary/aromatic N) is 1. The quantitative estimate of drug-likeness (QED) is 0.496. The molecule has 1 N–H and O–H groups in total. The molecule has 29 heavy (non-hydrogen) atoms. The molecule has 0 spiro atoms. The Balaban J connectivity index is 2.03. The Bertz CT molecular complexity index is 778. The predicted molar refractivity (Wildman–Crippen MR) is 124 cm³/mol. The van der Waals surface area contributed by atoms with Gasteiger partial charge in [-0.2, -0.15) is 0 Å². The fourth-order valence-corrected chi connectivity index (χ4v) is 3.14. The van der Waals surface area contributed by atoms with Crippen LogP contribution in [0.25, 0.3) is 0 Å². The number of carbonyl (C=O) groups excluding carboxylic acids is 2. The summed E-state index contributed by atoms with van der Waals surface area (Å²) in [4.78, 5) is 27.1. The van der Waals surface area contributed by atoms with Gasteiger partial charge in [-0.15, -0.1) is 0 Å². The second-order valence-corrected chi connectivity index (χ2v) is 8.63. The minimum Gasteiger partial charge on any atom is -0.484 e.